The number of benzene rings is 1. The molecule has 2 rings (SSSR count). The Morgan fingerprint density at radius 3 is 2.76 bits per heavy atom. The molecule has 0 spiro atoms. The number of halogens is 2. The van der Waals surface area contributed by atoms with Crippen molar-refractivity contribution in [1.82, 2.24) is 0 Å². The van der Waals surface area contributed by atoms with Crippen molar-refractivity contribution >= 4 is 15.9 Å². The van der Waals surface area contributed by atoms with E-state index in [0.29, 0.717) is 16.8 Å². The van der Waals surface area contributed by atoms with Crippen LogP contribution >= 0.6 is 15.9 Å². The monoisotopic (exact) mass is 300 g/mol. The Labute approximate surface area is 110 Å². The number of alkyl halides is 1. The molecule has 3 heteroatoms. The maximum Gasteiger partial charge on any atom is 0.123 e. The van der Waals surface area contributed by atoms with E-state index in [-0.39, 0.29) is 5.82 Å². The van der Waals surface area contributed by atoms with Gasteiger partial charge in [0, 0.05) is 17.4 Å². The number of rotatable bonds is 4. The first kappa shape index (κ1) is 13.0. The molecule has 17 heavy (non-hydrogen) atoms. The molecule has 0 radical (unpaired) electrons. The van der Waals surface area contributed by atoms with E-state index < -0.39 is 0 Å². The van der Waals surface area contributed by atoms with Gasteiger partial charge in [0.2, 0.25) is 0 Å². The summed E-state index contributed by atoms with van der Waals surface area (Å²) in [5.74, 6) is 0.403. The lowest BCUT2D eigenvalue weighted by molar-refractivity contribution is 0.0873. The van der Waals surface area contributed by atoms with Crippen LogP contribution in [0.4, 0.5) is 4.39 Å². The van der Waals surface area contributed by atoms with Crippen LogP contribution in [0.2, 0.25) is 0 Å². The molecule has 0 aliphatic carbocycles. The summed E-state index contributed by atoms with van der Waals surface area (Å²) in [6.07, 6.45) is 3.50. The van der Waals surface area contributed by atoms with Gasteiger partial charge in [-0.05, 0) is 37.0 Å². The van der Waals surface area contributed by atoms with Gasteiger partial charge in [0.05, 0.1) is 6.10 Å². The van der Waals surface area contributed by atoms with E-state index in [1.165, 1.54) is 17.7 Å². The van der Waals surface area contributed by atoms with Crippen molar-refractivity contribution in [1.29, 1.82) is 0 Å². The van der Waals surface area contributed by atoms with E-state index in [2.05, 4.69) is 22.9 Å². The van der Waals surface area contributed by atoms with Gasteiger partial charge in [0.1, 0.15) is 5.82 Å². The fourth-order valence-corrected chi connectivity index (χ4v) is 3.47. The molecule has 0 saturated carbocycles. The third-order valence-electron chi connectivity index (χ3n) is 3.47. The molecule has 0 aromatic heterocycles. The highest BCUT2D eigenvalue weighted by molar-refractivity contribution is 9.09. The minimum absolute atomic E-state index is 0.171. The smallest absolute Gasteiger partial charge is 0.123 e. The van der Waals surface area contributed by atoms with Crippen LogP contribution in [0.1, 0.15) is 25.3 Å². The largest absolute Gasteiger partial charge is 0.378 e. The van der Waals surface area contributed by atoms with Crippen LogP contribution in [0.5, 0.6) is 0 Å². The van der Waals surface area contributed by atoms with Gasteiger partial charge in [-0.25, -0.2) is 4.39 Å². The first-order valence-electron chi connectivity index (χ1n) is 6.21. The minimum atomic E-state index is -0.171. The summed E-state index contributed by atoms with van der Waals surface area (Å²) < 4.78 is 18.5. The van der Waals surface area contributed by atoms with Crippen molar-refractivity contribution in [3.63, 3.8) is 0 Å². The van der Waals surface area contributed by atoms with Gasteiger partial charge in [-0.2, -0.15) is 0 Å². The van der Waals surface area contributed by atoms with Crippen molar-refractivity contribution in [3.05, 3.63) is 35.6 Å². The normalized spacial score (nSPS) is 26.1. The van der Waals surface area contributed by atoms with Crippen LogP contribution in [0.3, 0.4) is 0 Å². The predicted octanol–water partition coefficient (Wildman–Crippen LogP) is 3.95. The highest BCUT2D eigenvalue weighted by Gasteiger charge is 2.32. The molecule has 1 aromatic carbocycles. The van der Waals surface area contributed by atoms with Gasteiger partial charge >= 0.3 is 0 Å². The SMILES string of the molecule is CCC1OCCC1C(Br)Cc1ccc(F)cc1. The first-order valence-corrected chi connectivity index (χ1v) is 7.12. The molecular weight excluding hydrogens is 283 g/mol. The Morgan fingerprint density at radius 2 is 2.12 bits per heavy atom. The zero-order valence-corrected chi connectivity index (χ0v) is 11.6. The molecule has 94 valence electrons. The average Bonchev–Trinajstić information content (AvgIpc) is 2.80. The van der Waals surface area contributed by atoms with Gasteiger partial charge in [-0.3, -0.25) is 0 Å². The van der Waals surface area contributed by atoms with Crippen LogP contribution in [0.25, 0.3) is 0 Å². The quantitative estimate of drug-likeness (QED) is 0.765. The van der Waals surface area contributed by atoms with Crippen LogP contribution in [0.15, 0.2) is 24.3 Å². The Hall–Kier alpha value is -0.410. The molecule has 1 aromatic rings. The molecule has 0 N–H and O–H groups in total. The highest BCUT2D eigenvalue weighted by atomic mass is 79.9. The zero-order valence-electron chi connectivity index (χ0n) is 10.0. The predicted molar refractivity (Wildman–Crippen MR) is 71.0 cm³/mol. The fourth-order valence-electron chi connectivity index (χ4n) is 2.50. The van der Waals surface area contributed by atoms with E-state index in [0.717, 1.165) is 25.9 Å². The number of hydrogen-bond acceptors (Lipinski definition) is 1. The summed E-state index contributed by atoms with van der Waals surface area (Å²) in [4.78, 5) is 0.417. The standard InChI is InChI=1S/C14H18BrFO/c1-2-14-12(7-8-17-14)13(15)9-10-3-5-11(16)6-4-10/h3-6,12-14H,2,7-9H2,1H3. The summed E-state index contributed by atoms with van der Waals surface area (Å²) in [6, 6.07) is 6.77. The molecule has 1 aliphatic heterocycles. The molecule has 0 bridgehead atoms. The van der Waals surface area contributed by atoms with Gasteiger partial charge in [-0.1, -0.05) is 35.0 Å². The zero-order chi connectivity index (χ0) is 12.3. The number of hydrogen-bond donors (Lipinski definition) is 0. The molecular formula is C14H18BrFO. The third-order valence-corrected chi connectivity index (χ3v) is 4.47. The maximum absolute atomic E-state index is 12.8. The summed E-state index contributed by atoms with van der Waals surface area (Å²) in [7, 11) is 0. The van der Waals surface area contributed by atoms with Crippen molar-refractivity contribution in [2.75, 3.05) is 6.61 Å². The fraction of sp³-hybridized carbons (Fsp3) is 0.571. The topological polar surface area (TPSA) is 9.23 Å². The minimum Gasteiger partial charge on any atom is -0.378 e. The second-order valence-electron chi connectivity index (χ2n) is 4.62. The molecule has 1 saturated heterocycles. The summed E-state index contributed by atoms with van der Waals surface area (Å²) in [5, 5.41) is 0. The first-order chi connectivity index (χ1) is 8.20. The lowest BCUT2D eigenvalue weighted by atomic mass is 9.92. The lowest BCUT2D eigenvalue weighted by Gasteiger charge is -2.22. The van der Waals surface area contributed by atoms with Crippen LogP contribution in [-0.2, 0) is 11.2 Å². The average molecular weight is 301 g/mol. The Kier molecular flexibility index (Phi) is 4.57. The number of ether oxygens (including phenoxy) is 1. The van der Waals surface area contributed by atoms with E-state index >= 15 is 0 Å². The molecule has 1 fully saturated rings. The Bertz CT molecular complexity index is 352. The molecule has 0 amide bonds. The molecule has 3 unspecified atom stereocenters. The third kappa shape index (κ3) is 3.29. The van der Waals surface area contributed by atoms with E-state index in [1.54, 1.807) is 0 Å². The van der Waals surface area contributed by atoms with Gasteiger partial charge < -0.3 is 4.74 Å². The molecule has 1 aliphatic rings. The second kappa shape index (κ2) is 5.96. The highest BCUT2D eigenvalue weighted by Crippen LogP contribution is 2.32. The summed E-state index contributed by atoms with van der Waals surface area (Å²) in [6.45, 7) is 3.04. The molecule has 1 heterocycles. The van der Waals surface area contributed by atoms with Crippen molar-refractivity contribution in [2.45, 2.75) is 37.1 Å². The second-order valence-corrected chi connectivity index (χ2v) is 5.79. The van der Waals surface area contributed by atoms with Gasteiger partial charge in [0.15, 0.2) is 0 Å². The summed E-state index contributed by atoms with van der Waals surface area (Å²) >= 11 is 3.77. The Balaban J connectivity index is 1.96. The van der Waals surface area contributed by atoms with Gasteiger partial charge in [0.25, 0.3) is 0 Å². The summed E-state index contributed by atoms with van der Waals surface area (Å²) in [5.41, 5.74) is 1.18. The van der Waals surface area contributed by atoms with Crippen molar-refractivity contribution in [3.8, 4) is 0 Å². The van der Waals surface area contributed by atoms with Crippen LogP contribution in [0, 0.1) is 11.7 Å². The Morgan fingerprint density at radius 1 is 1.41 bits per heavy atom. The van der Waals surface area contributed by atoms with E-state index in [4.69, 9.17) is 4.74 Å². The molecule has 1 nitrogen and oxygen atoms in total. The van der Waals surface area contributed by atoms with E-state index in [9.17, 15) is 4.39 Å². The molecule has 3 atom stereocenters. The van der Waals surface area contributed by atoms with Crippen molar-refractivity contribution in [2.24, 2.45) is 5.92 Å². The van der Waals surface area contributed by atoms with Crippen LogP contribution in [-0.4, -0.2) is 17.5 Å². The van der Waals surface area contributed by atoms with Gasteiger partial charge in [-0.15, -0.1) is 0 Å². The lowest BCUT2D eigenvalue weighted by Crippen LogP contribution is -2.25. The van der Waals surface area contributed by atoms with Crippen molar-refractivity contribution < 1.29 is 9.13 Å². The maximum atomic E-state index is 12.8. The van der Waals surface area contributed by atoms with Crippen LogP contribution < -0.4 is 0 Å². The van der Waals surface area contributed by atoms with E-state index in [1.807, 2.05) is 12.1 Å².